The Hall–Kier alpha value is -1.73. The standard InChI is InChI=1S/C13H18N4O3/c1-7-5-9(17(18)19)13(15-6-7)16-11-10(14)8-3-2-4-20-12(8)11/h5-6,8,10-12H,2-4,14H2,1H3,(H,15,16). The van der Waals surface area contributed by atoms with Gasteiger partial charge in [0.15, 0.2) is 0 Å². The Morgan fingerprint density at radius 2 is 2.40 bits per heavy atom. The van der Waals surface area contributed by atoms with Gasteiger partial charge in [-0.1, -0.05) is 0 Å². The predicted molar refractivity (Wildman–Crippen MR) is 73.5 cm³/mol. The Morgan fingerprint density at radius 3 is 3.15 bits per heavy atom. The van der Waals surface area contributed by atoms with Gasteiger partial charge in [0.1, 0.15) is 0 Å². The Kier molecular flexibility index (Phi) is 3.31. The molecule has 2 fully saturated rings. The maximum atomic E-state index is 11.1. The van der Waals surface area contributed by atoms with Crippen molar-refractivity contribution in [2.75, 3.05) is 11.9 Å². The molecule has 3 rings (SSSR count). The van der Waals surface area contributed by atoms with Crippen LogP contribution in [0.4, 0.5) is 11.5 Å². The molecule has 2 aliphatic rings. The van der Waals surface area contributed by atoms with Crippen molar-refractivity contribution < 1.29 is 9.66 Å². The first-order valence-electron chi connectivity index (χ1n) is 6.82. The van der Waals surface area contributed by atoms with E-state index >= 15 is 0 Å². The van der Waals surface area contributed by atoms with E-state index in [0.29, 0.717) is 5.92 Å². The van der Waals surface area contributed by atoms with Gasteiger partial charge < -0.3 is 15.8 Å². The highest BCUT2D eigenvalue weighted by atomic mass is 16.6. The van der Waals surface area contributed by atoms with Crippen LogP contribution in [0.3, 0.4) is 0 Å². The van der Waals surface area contributed by atoms with E-state index < -0.39 is 4.92 Å². The maximum absolute atomic E-state index is 11.1. The van der Waals surface area contributed by atoms with Crippen LogP contribution < -0.4 is 11.1 Å². The molecule has 1 aliphatic heterocycles. The lowest BCUT2D eigenvalue weighted by Gasteiger charge is -2.52. The number of nitrogens with two attached hydrogens (primary N) is 1. The van der Waals surface area contributed by atoms with Gasteiger partial charge in [0.2, 0.25) is 5.82 Å². The van der Waals surface area contributed by atoms with E-state index in [9.17, 15) is 10.1 Å². The minimum Gasteiger partial charge on any atom is -0.376 e. The normalized spacial score (nSPS) is 32.1. The van der Waals surface area contributed by atoms with Crippen molar-refractivity contribution in [1.29, 1.82) is 0 Å². The van der Waals surface area contributed by atoms with Gasteiger partial charge in [-0.15, -0.1) is 0 Å². The summed E-state index contributed by atoms with van der Waals surface area (Å²) in [5.41, 5.74) is 6.88. The fourth-order valence-electron chi connectivity index (χ4n) is 3.09. The average Bonchev–Trinajstić information content (AvgIpc) is 2.45. The zero-order valence-corrected chi connectivity index (χ0v) is 11.3. The fraction of sp³-hybridized carbons (Fsp3) is 0.615. The lowest BCUT2D eigenvalue weighted by atomic mass is 9.68. The number of hydrogen-bond donors (Lipinski definition) is 2. The van der Waals surface area contributed by atoms with Gasteiger partial charge in [-0.2, -0.15) is 0 Å². The number of pyridine rings is 1. The van der Waals surface area contributed by atoms with Crippen LogP contribution in [-0.4, -0.2) is 34.7 Å². The van der Waals surface area contributed by atoms with E-state index in [4.69, 9.17) is 10.5 Å². The van der Waals surface area contributed by atoms with Crippen molar-refractivity contribution in [2.24, 2.45) is 11.7 Å². The van der Waals surface area contributed by atoms with Crippen molar-refractivity contribution in [3.8, 4) is 0 Å². The molecule has 0 radical (unpaired) electrons. The molecule has 2 heterocycles. The summed E-state index contributed by atoms with van der Waals surface area (Å²) >= 11 is 0. The number of anilines is 1. The van der Waals surface area contributed by atoms with Crippen LogP contribution in [0.15, 0.2) is 12.3 Å². The molecule has 0 spiro atoms. The summed E-state index contributed by atoms with van der Waals surface area (Å²) in [5, 5.41) is 14.2. The number of hydrogen-bond acceptors (Lipinski definition) is 6. The molecule has 0 amide bonds. The van der Waals surface area contributed by atoms with Crippen molar-refractivity contribution in [3.05, 3.63) is 27.9 Å². The molecule has 1 aromatic rings. The minimum absolute atomic E-state index is 0.0172. The highest BCUT2D eigenvalue weighted by Crippen LogP contribution is 2.39. The predicted octanol–water partition coefficient (Wildman–Crippen LogP) is 1.21. The molecule has 1 aromatic heterocycles. The zero-order chi connectivity index (χ0) is 14.3. The molecular weight excluding hydrogens is 260 g/mol. The summed E-state index contributed by atoms with van der Waals surface area (Å²) in [7, 11) is 0. The average molecular weight is 278 g/mol. The summed E-state index contributed by atoms with van der Waals surface area (Å²) in [6, 6.07) is 1.37. The molecule has 0 bridgehead atoms. The molecule has 1 aliphatic carbocycles. The topological polar surface area (TPSA) is 103 Å². The van der Waals surface area contributed by atoms with Gasteiger partial charge in [0.25, 0.3) is 0 Å². The van der Waals surface area contributed by atoms with E-state index in [0.717, 1.165) is 25.0 Å². The van der Waals surface area contributed by atoms with Crippen molar-refractivity contribution in [1.82, 2.24) is 4.98 Å². The lowest BCUT2D eigenvalue weighted by molar-refractivity contribution is -0.384. The molecule has 4 unspecified atom stereocenters. The number of nitro groups is 1. The van der Waals surface area contributed by atoms with Gasteiger partial charge >= 0.3 is 5.69 Å². The number of rotatable bonds is 3. The van der Waals surface area contributed by atoms with E-state index in [1.165, 1.54) is 6.07 Å². The molecule has 7 heteroatoms. The van der Waals surface area contributed by atoms with Gasteiger partial charge in [-0.3, -0.25) is 10.1 Å². The second-order valence-corrected chi connectivity index (χ2v) is 5.53. The molecule has 20 heavy (non-hydrogen) atoms. The van der Waals surface area contributed by atoms with Gasteiger partial charge in [0, 0.05) is 30.8 Å². The highest BCUT2D eigenvalue weighted by Gasteiger charge is 2.51. The van der Waals surface area contributed by atoms with Crippen molar-refractivity contribution in [3.63, 3.8) is 0 Å². The second-order valence-electron chi connectivity index (χ2n) is 5.53. The lowest BCUT2D eigenvalue weighted by Crippen LogP contribution is -2.69. The van der Waals surface area contributed by atoms with Crippen molar-refractivity contribution >= 4 is 11.5 Å². The van der Waals surface area contributed by atoms with Crippen LogP contribution in [0.5, 0.6) is 0 Å². The smallest absolute Gasteiger partial charge is 0.311 e. The Morgan fingerprint density at radius 1 is 1.60 bits per heavy atom. The van der Waals surface area contributed by atoms with Gasteiger partial charge in [0.05, 0.1) is 17.1 Å². The fourth-order valence-corrected chi connectivity index (χ4v) is 3.09. The summed E-state index contributed by atoms with van der Waals surface area (Å²) in [4.78, 5) is 14.8. The van der Waals surface area contributed by atoms with Crippen molar-refractivity contribution in [2.45, 2.75) is 38.0 Å². The summed E-state index contributed by atoms with van der Waals surface area (Å²) in [6.07, 6.45) is 3.75. The molecule has 0 aromatic carbocycles. The second kappa shape index (κ2) is 4.99. The summed E-state index contributed by atoms with van der Waals surface area (Å²) in [5.74, 6) is 0.624. The summed E-state index contributed by atoms with van der Waals surface area (Å²) in [6.45, 7) is 2.51. The molecule has 1 saturated heterocycles. The molecule has 108 valence electrons. The Labute approximate surface area is 116 Å². The van der Waals surface area contributed by atoms with Crippen LogP contribution in [0.25, 0.3) is 0 Å². The van der Waals surface area contributed by atoms with Crippen LogP contribution in [0, 0.1) is 23.0 Å². The quantitative estimate of drug-likeness (QED) is 0.636. The Bertz CT molecular complexity index is 536. The van der Waals surface area contributed by atoms with Crippen LogP contribution in [-0.2, 0) is 4.74 Å². The number of nitrogens with one attached hydrogen (secondary N) is 1. The first-order chi connectivity index (χ1) is 9.58. The number of nitrogens with zero attached hydrogens (tertiary/aromatic N) is 2. The van der Waals surface area contributed by atoms with E-state index in [2.05, 4.69) is 10.3 Å². The molecular formula is C13H18N4O3. The van der Waals surface area contributed by atoms with Crippen LogP contribution >= 0.6 is 0 Å². The van der Waals surface area contributed by atoms with Gasteiger partial charge in [-0.25, -0.2) is 4.98 Å². The van der Waals surface area contributed by atoms with Crippen LogP contribution in [0.1, 0.15) is 18.4 Å². The molecule has 3 N–H and O–H groups in total. The first kappa shape index (κ1) is 13.3. The number of ether oxygens (including phenoxy) is 1. The minimum atomic E-state index is -0.425. The third-order valence-electron chi connectivity index (χ3n) is 4.18. The summed E-state index contributed by atoms with van der Waals surface area (Å²) < 4.78 is 5.72. The monoisotopic (exact) mass is 278 g/mol. The van der Waals surface area contributed by atoms with Crippen LogP contribution in [0.2, 0.25) is 0 Å². The van der Waals surface area contributed by atoms with E-state index in [1.807, 2.05) is 0 Å². The number of aromatic nitrogens is 1. The van der Waals surface area contributed by atoms with E-state index in [-0.39, 0.29) is 29.7 Å². The first-order valence-corrected chi connectivity index (χ1v) is 6.82. The highest BCUT2D eigenvalue weighted by molar-refractivity contribution is 5.58. The third-order valence-corrected chi connectivity index (χ3v) is 4.18. The number of aryl methyl sites for hydroxylation is 1. The third kappa shape index (κ3) is 2.12. The SMILES string of the molecule is Cc1cnc(NC2C(N)C3CCCOC32)c([N+](=O)[O-])c1. The van der Waals surface area contributed by atoms with E-state index in [1.54, 1.807) is 13.1 Å². The maximum Gasteiger partial charge on any atom is 0.311 e. The largest absolute Gasteiger partial charge is 0.376 e. The number of fused-ring (bicyclic) bond motifs is 1. The van der Waals surface area contributed by atoms with Gasteiger partial charge in [-0.05, 0) is 25.3 Å². The molecule has 4 atom stereocenters. The Balaban J connectivity index is 1.80. The molecule has 7 nitrogen and oxygen atoms in total. The zero-order valence-electron chi connectivity index (χ0n) is 11.3. The molecule has 1 saturated carbocycles.